The number of ether oxygens (including phenoxy) is 1. The lowest BCUT2D eigenvalue weighted by molar-refractivity contribution is 0.414. The Morgan fingerprint density at radius 1 is 1.44 bits per heavy atom. The largest absolute Gasteiger partial charge is 0.497 e. The fourth-order valence-electron chi connectivity index (χ4n) is 2.18. The van der Waals surface area contributed by atoms with Crippen LogP contribution in [-0.2, 0) is 6.42 Å². The monoisotopic (exact) mass is 213 g/mol. The summed E-state index contributed by atoms with van der Waals surface area (Å²) in [5, 5.41) is 8.63. The highest BCUT2D eigenvalue weighted by atomic mass is 16.5. The Kier molecular flexibility index (Phi) is 3.26. The normalized spacial score (nSPS) is 16.6. The number of rotatable bonds is 2. The Hall–Kier alpha value is -1.75. The van der Waals surface area contributed by atoms with Crippen molar-refractivity contribution in [3.05, 3.63) is 35.4 Å². The summed E-state index contributed by atoms with van der Waals surface area (Å²) in [6.45, 7) is 0. The first kappa shape index (κ1) is 10.8. The van der Waals surface area contributed by atoms with Gasteiger partial charge in [-0.3, -0.25) is 0 Å². The van der Waals surface area contributed by atoms with Crippen molar-refractivity contribution >= 4 is 5.57 Å². The smallest absolute Gasteiger partial charge is 0.119 e. The standard InChI is InChI=1S/C14H15NO/c1-16-13-8-7-12-5-2-4-11(6-3-9-15)14(12)10-13/h6-8,10H,2-5H2,1H3/b11-6+. The third-order valence-electron chi connectivity index (χ3n) is 2.99. The summed E-state index contributed by atoms with van der Waals surface area (Å²) in [5.41, 5.74) is 3.93. The van der Waals surface area contributed by atoms with Crippen LogP contribution in [0.5, 0.6) is 5.75 Å². The van der Waals surface area contributed by atoms with E-state index in [1.165, 1.54) is 23.1 Å². The Morgan fingerprint density at radius 2 is 2.31 bits per heavy atom. The molecule has 0 heterocycles. The minimum absolute atomic E-state index is 0.492. The summed E-state index contributed by atoms with van der Waals surface area (Å²) in [4.78, 5) is 0. The highest BCUT2D eigenvalue weighted by molar-refractivity contribution is 5.71. The van der Waals surface area contributed by atoms with Crippen molar-refractivity contribution in [2.75, 3.05) is 7.11 Å². The molecule has 0 spiro atoms. The summed E-state index contributed by atoms with van der Waals surface area (Å²) >= 11 is 0. The average Bonchev–Trinajstić information content (AvgIpc) is 2.35. The maximum Gasteiger partial charge on any atom is 0.119 e. The highest BCUT2D eigenvalue weighted by Gasteiger charge is 2.14. The van der Waals surface area contributed by atoms with Crippen LogP contribution in [0, 0.1) is 11.3 Å². The molecule has 2 rings (SSSR count). The van der Waals surface area contributed by atoms with E-state index in [2.05, 4.69) is 18.2 Å². The second-order valence-corrected chi connectivity index (χ2v) is 3.97. The van der Waals surface area contributed by atoms with E-state index in [9.17, 15) is 0 Å². The van der Waals surface area contributed by atoms with Crippen LogP contribution in [0.2, 0.25) is 0 Å². The van der Waals surface area contributed by atoms with Crippen LogP contribution in [-0.4, -0.2) is 7.11 Å². The van der Waals surface area contributed by atoms with Crippen molar-refractivity contribution in [3.63, 3.8) is 0 Å². The molecular formula is C14H15NO. The number of allylic oxidation sites excluding steroid dienone is 2. The van der Waals surface area contributed by atoms with Crippen LogP contribution < -0.4 is 4.74 Å². The van der Waals surface area contributed by atoms with Crippen LogP contribution in [0.4, 0.5) is 0 Å². The van der Waals surface area contributed by atoms with Gasteiger partial charge in [0.25, 0.3) is 0 Å². The second-order valence-electron chi connectivity index (χ2n) is 3.97. The molecule has 0 atom stereocenters. The van der Waals surface area contributed by atoms with E-state index in [-0.39, 0.29) is 0 Å². The van der Waals surface area contributed by atoms with E-state index in [4.69, 9.17) is 10.00 Å². The van der Waals surface area contributed by atoms with E-state index in [0.717, 1.165) is 18.6 Å². The molecule has 0 aliphatic heterocycles. The van der Waals surface area contributed by atoms with Gasteiger partial charge in [-0.15, -0.1) is 0 Å². The van der Waals surface area contributed by atoms with Crippen LogP contribution in [0.1, 0.15) is 30.4 Å². The molecular weight excluding hydrogens is 198 g/mol. The zero-order chi connectivity index (χ0) is 11.4. The maximum atomic E-state index is 8.63. The molecule has 0 unspecified atom stereocenters. The molecule has 0 saturated heterocycles. The number of methoxy groups -OCH3 is 1. The van der Waals surface area contributed by atoms with Gasteiger partial charge in [-0.2, -0.15) is 5.26 Å². The summed E-state index contributed by atoms with van der Waals surface area (Å²) in [5.74, 6) is 0.892. The second kappa shape index (κ2) is 4.85. The minimum atomic E-state index is 0.492. The zero-order valence-electron chi connectivity index (χ0n) is 9.49. The molecule has 16 heavy (non-hydrogen) atoms. The van der Waals surface area contributed by atoms with Gasteiger partial charge < -0.3 is 4.74 Å². The first-order chi connectivity index (χ1) is 7.85. The number of aryl methyl sites for hydroxylation is 1. The lowest BCUT2D eigenvalue weighted by atomic mass is 9.87. The number of hydrogen-bond donors (Lipinski definition) is 0. The third kappa shape index (κ3) is 2.09. The lowest BCUT2D eigenvalue weighted by Crippen LogP contribution is -2.02. The molecule has 82 valence electrons. The van der Waals surface area contributed by atoms with Gasteiger partial charge in [-0.1, -0.05) is 12.1 Å². The number of hydrogen-bond acceptors (Lipinski definition) is 2. The molecule has 0 N–H and O–H groups in total. The van der Waals surface area contributed by atoms with Crippen molar-refractivity contribution in [2.45, 2.75) is 25.7 Å². The zero-order valence-corrected chi connectivity index (χ0v) is 9.49. The molecule has 0 amide bonds. The number of benzene rings is 1. The van der Waals surface area contributed by atoms with Crippen molar-refractivity contribution < 1.29 is 4.74 Å². The van der Waals surface area contributed by atoms with Crippen LogP contribution in [0.3, 0.4) is 0 Å². The van der Waals surface area contributed by atoms with Crippen molar-refractivity contribution in [1.82, 2.24) is 0 Å². The van der Waals surface area contributed by atoms with E-state index in [0.29, 0.717) is 6.42 Å². The number of fused-ring (bicyclic) bond motifs is 1. The van der Waals surface area contributed by atoms with E-state index < -0.39 is 0 Å². The predicted molar refractivity (Wildman–Crippen MR) is 64.1 cm³/mol. The SMILES string of the molecule is COc1ccc2c(c1)/C(=C/CC#N)CCC2. The molecule has 1 aliphatic rings. The van der Waals surface area contributed by atoms with E-state index in [1.54, 1.807) is 7.11 Å². The molecule has 2 heteroatoms. The van der Waals surface area contributed by atoms with Crippen molar-refractivity contribution in [1.29, 1.82) is 5.26 Å². The van der Waals surface area contributed by atoms with Gasteiger partial charge >= 0.3 is 0 Å². The maximum absolute atomic E-state index is 8.63. The Balaban J connectivity index is 2.40. The lowest BCUT2D eigenvalue weighted by Gasteiger charge is -2.19. The molecule has 1 aliphatic carbocycles. The van der Waals surface area contributed by atoms with Crippen LogP contribution in [0.25, 0.3) is 5.57 Å². The summed E-state index contributed by atoms with van der Waals surface area (Å²) in [7, 11) is 1.68. The number of nitrogens with zero attached hydrogens (tertiary/aromatic N) is 1. The Morgan fingerprint density at radius 3 is 3.06 bits per heavy atom. The van der Waals surface area contributed by atoms with Gasteiger partial charge in [0.2, 0.25) is 0 Å². The third-order valence-corrected chi connectivity index (χ3v) is 2.99. The van der Waals surface area contributed by atoms with Gasteiger partial charge in [-0.25, -0.2) is 0 Å². The van der Waals surface area contributed by atoms with Crippen LogP contribution >= 0.6 is 0 Å². The van der Waals surface area contributed by atoms with Gasteiger partial charge in [0, 0.05) is 0 Å². The Labute approximate surface area is 96.2 Å². The van der Waals surface area contributed by atoms with E-state index >= 15 is 0 Å². The number of nitriles is 1. The minimum Gasteiger partial charge on any atom is -0.497 e. The van der Waals surface area contributed by atoms with Gasteiger partial charge in [-0.05, 0) is 48.1 Å². The first-order valence-corrected chi connectivity index (χ1v) is 5.58. The average molecular weight is 213 g/mol. The first-order valence-electron chi connectivity index (χ1n) is 5.58. The topological polar surface area (TPSA) is 33.0 Å². The molecule has 0 saturated carbocycles. The highest BCUT2D eigenvalue weighted by Crippen LogP contribution is 2.33. The van der Waals surface area contributed by atoms with Crippen molar-refractivity contribution in [3.8, 4) is 11.8 Å². The Bertz CT molecular complexity index is 454. The van der Waals surface area contributed by atoms with Crippen molar-refractivity contribution in [2.24, 2.45) is 0 Å². The summed E-state index contributed by atoms with van der Waals surface area (Å²) in [6.07, 6.45) is 5.91. The van der Waals surface area contributed by atoms with Gasteiger partial charge in [0.15, 0.2) is 0 Å². The quantitative estimate of drug-likeness (QED) is 0.755. The molecule has 2 nitrogen and oxygen atoms in total. The molecule has 1 aromatic carbocycles. The fourth-order valence-corrected chi connectivity index (χ4v) is 2.18. The molecule has 0 aromatic heterocycles. The molecule has 0 fully saturated rings. The summed E-state index contributed by atoms with van der Waals surface area (Å²) < 4.78 is 5.24. The molecule has 0 radical (unpaired) electrons. The fraction of sp³-hybridized carbons (Fsp3) is 0.357. The van der Waals surface area contributed by atoms with E-state index in [1.807, 2.05) is 12.1 Å². The molecule has 1 aromatic rings. The van der Waals surface area contributed by atoms with Gasteiger partial charge in [0.05, 0.1) is 19.6 Å². The predicted octanol–water partition coefficient (Wildman–Crippen LogP) is 3.33. The van der Waals surface area contributed by atoms with Crippen LogP contribution in [0.15, 0.2) is 24.3 Å². The van der Waals surface area contributed by atoms with Gasteiger partial charge in [0.1, 0.15) is 5.75 Å². The molecule has 0 bridgehead atoms. The summed E-state index contributed by atoms with van der Waals surface area (Å²) in [6, 6.07) is 8.39.